The van der Waals surface area contributed by atoms with Gasteiger partial charge < -0.3 is 4.84 Å². The van der Waals surface area contributed by atoms with Gasteiger partial charge in [0.1, 0.15) is 6.07 Å². The Labute approximate surface area is 96.8 Å². The third kappa shape index (κ3) is 1.92. The standard InChI is InChI=1S/C10H6Cl2N2O/c11-8-3-1-2-7(10(8)12)9-4-6(5-13)15-14-9/h1-3,6H,4H2/t6-/m0/s1. The molecule has 0 saturated heterocycles. The first-order valence-electron chi connectivity index (χ1n) is 4.29. The first kappa shape index (κ1) is 10.3. The first-order valence-corrected chi connectivity index (χ1v) is 5.04. The van der Waals surface area contributed by atoms with Crippen molar-refractivity contribution in [3.05, 3.63) is 33.8 Å². The van der Waals surface area contributed by atoms with Crippen LogP contribution in [0.5, 0.6) is 0 Å². The molecule has 3 nitrogen and oxygen atoms in total. The third-order valence-electron chi connectivity index (χ3n) is 2.08. The predicted molar refractivity (Wildman–Crippen MR) is 58.1 cm³/mol. The van der Waals surface area contributed by atoms with Gasteiger partial charge >= 0.3 is 0 Å². The van der Waals surface area contributed by atoms with Crippen LogP contribution in [0.25, 0.3) is 0 Å². The predicted octanol–water partition coefficient (Wildman–Crippen LogP) is 3.01. The molecule has 1 aromatic rings. The van der Waals surface area contributed by atoms with Crippen LogP contribution in [0, 0.1) is 11.3 Å². The minimum Gasteiger partial charge on any atom is -0.376 e. The molecular formula is C10H6Cl2N2O. The molecule has 1 heterocycles. The summed E-state index contributed by atoms with van der Waals surface area (Å²) in [6.07, 6.45) is -0.0774. The highest BCUT2D eigenvalue weighted by Gasteiger charge is 2.23. The van der Waals surface area contributed by atoms with E-state index in [0.717, 1.165) is 5.56 Å². The molecule has 0 fully saturated rings. The fourth-order valence-corrected chi connectivity index (χ4v) is 1.74. The lowest BCUT2D eigenvalue weighted by Gasteiger charge is -2.02. The maximum atomic E-state index is 8.65. The van der Waals surface area contributed by atoms with Crippen LogP contribution in [0.3, 0.4) is 0 Å². The number of hydrogen-bond donors (Lipinski definition) is 0. The quantitative estimate of drug-likeness (QED) is 0.758. The summed E-state index contributed by atoms with van der Waals surface area (Å²) in [6, 6.07) is 7.27. The number of rotatable bonds is 1. The van der Waals surface area contributed by atoms with Crippen molar-refractivity contribution in [2.75, 3.05) is 0 Å². The van der Waals surface area contributed by atoms with Crippen LogP contribution < -0.4 is 0 Å². The average Bonchev–Trinajstić information content (AvgIpc) is 2.70. The molecule has 1 aliphatic heterocycles. The van der Waals surface area contributed by atoms with Gasteiger partial charge in [-0.15, -0.1) is 0 Å². The summed E-state index contributed by atoms with van der Waals surface area (Å²) in [6.45, 7) is 0. The molecule has 0 bridgehead atoms. The number of oxime groups is 1. The van der Waals surface area contributed by atoms with Gasteiger partial charge in [0, 0.05) is 12.0 Å². The van der Waals surface area contributed by atoms with Gasteiger partial charge in [0.2, 0.25) is 6.10 Å². The van der Waals surface area contributed by atoms with Crippen LogP contribution in [0.2, 0.25) is 10.0 Å². The van der Waals surface area contributed by atoms with E-state index in [0.29, 0.717) is 22.2 Å². The van der Waals surface area contributed by atoms with Crippen molar-refractivity contribution in [1.29, 1.82) is 5.26 Å². The van der Waals surface area contributed by atoms with Crippen molar-refractivity contribution < 1.29 is 4.84 Å². The molecule has 0 saturated carbocycles. The number of benzene rings is 1. The van der Waals surface area contributed by atoms with Crippen molar-refractivity contribution in [3.8, 4) is 6.07 Å². The third-order valence-corrected chi connectivity index (χ3v) is 2.89. The highest BCUT2D eigenvalue weighted by molar-refractivity contribution is 6.44. The second-order valence-electron chi connectivity index (χ2n) is 3.07. The number of hydrogen-bond acceptors (Lipinski definition) is 3. The minimum atomic E-state index is -0.518. The molecule has 0 aromatic heterocycles. The van der Waals surface area contributed by atoms with E-state index in [2.05, 4.69) is 5.16 Å². The Kier molecular flexibility index (Phi) is 2.81. The summed E-state index contributed by atoms with van der Waals surface area (Å²) in [5.41, 5.74) is 1.39. The molecule has 2 rings (SSSR count). The summed E-state index contributed by atoms with van der Waals surface area (Å²) in [5.74, 6) is 0. The highest BCUT2D eigenvalue weighted by atomic mass is 35.5. The van der Waals surface area contributed by atoms with Crippen LogP contribution in [-0.4, -0.2) is 11.8 Å². The molecular weight excluding hydrogens is 235 g/mol. The Balaban J connectivity index is 2.33. The average molecular weight is 241 g/mol. The van der Waals surface area contributed by atoms with E-state index >= 15 is 0 Å². The van der Waals surface area contributed by atoms with E-state index in [1.54, 1.807) is 18.2 Å². The van der Waals surface area contributed by atoms with Crippen LogP contribution in [0.15, 0.2) is 23.4 Å². The van der Waals surface area contributed by atoms with Crippen LogP contribution in [0.1, 0.15) is 12.0 Å². The minimum absolute atomic E-state index is 0.441. The van der Waals surface area contributed by atoms with Crippen molar-refractivity contribution >= 4 is 28.9 Å². The molecule has 1 aromatic carbocycles. The van der Waals surface area contributed by atoms with Gasteiger partial charge in [-0.3, -0.25) is 0 Å². The molecule has 0 aliphatic carbocycles. The lowest BCUT2D eigenvalue weighted by atomic mass is 10.1. The van der Waals surface area contributed by atoms with Crippen molar-refractivity contribution in [2.24, 2.45) is 5.16 Å². The van der Waals surface area contributed by atoms with Gasteiger partial charge in [0.25, 0.3) is 0 Å². The Morgan fingerprint density at radius 2 is 2.27 bits per heavy atom. The van der Waals surface area contributed by atoms with Gasteiger partial charge in [0.15, 0.2) is 0 Å². The maximum Gasteiger partial charge on any atom is 0.218 e. The van der Waals surface area contributed by atoms with E-state index in [4.69, 9.17) is 33.3 Å². The van der Waals surface area contributed by atoms with E-state index in [9.17, 15) is 0 Å². The fraction of sp³-hybridized carbons (Fsp3) is 0.200. The summed E-state index contributed by atoms with van der Waals surface area (Å²) < 4.78 is 0. The first-order chi connectivity index (χ1) is 7.22. The fourth-order valence-electron chi connectivity index (χ4n) is 1.33. The van der Waals surface area contributed by atoms with Crippen LogP contribution in [-0.2, 0) is 4.84 Å². The summed E-state index contributed by atoms with van der Waals surface area (Å²) in [7, 11) is 0. The lowest BCUT2D eigenvalue weighted by molar-refractivity contribution is 0.125. The van der Waals surface area contributed by atoms with Gasteiger partial charge in [-0.05, 0) is 6.07 Å². The van der Waals surface area contributed by atoms with Crippen molar-refractivity contribution in [1.82, 2.24) is 0 Å². The zero-order chi connectivity index (χ0) is 10.8. The zero-order valence-corrected chi connectivity index (χ0v) is 9.09. The molecule has 0 N–H and O–H groups in total. The van der Waals surface area contributed by atoms with Gasteiger partial charge in [-0.2, -0.15) is 5.26 Å². The Morgan fingerprint density at radius 3 is 2.93 bits per heavy atom. The number of nitrogens with zero attached hydrogens (tertiary/aromatic N) is 2. The monoisotopic (exact) mass is 240 g/mol. The Hall–Kier alpha value is -1.24. The van der Waals surface area contributed by atoms with Crippen LogP contribution >= 0.6 is 23.2 Å². The molecule has 5 heteroatoms. The zero-order valence-electron chi connectivity index (χ0n) is 7.58. The van der Waals surface area contributed by atoms with Crippen LogP contribution in [0.4, 0.5) is 0 Å². The largest absolute Gasteiger partial charge is 0.376 e. The molecule has 15 heavy (non-hydrogen) atoms. The second-order valence-corrected chi connectivity index (χ2v) is 3.85. The topological polar surface area (TPSA) is 45.4 Å². The molecule has 0 radical (unpaired) electrons. The summed E-state index contributed by atoms with van der Waals surface area (Å²) in [5, 5.41) is 13.4. The Bertz CT molecular complexity index is 465. The number of nitriles is 1. The molecule has 0 spiro atoms. The molecule has 0 unspecified atom stereocenters. The smallest absolute Gasteiger partial charge is 0.218 e. The summed E-state index contributed by atoms with van der Waals surface area (Å²) in [4.78, 5) is 4.89. The summed E-state index contributed by atoms with van der Waals surface area (Å²) >= 11 is 11.9. The van der Waals surface area contributed by atoms with Crippen molar-refractivity contribution in [2.45, 2.75) is 12.5 Å². The normalized spacial score (nSPS) is 19.3. The van der Waals surface area contributed by atoms with Crippen molar-refractivity contribution in [3.63, 3.8) is 0 Å². The van der Waals surface area contributed by atoms with E-state index in [-0.39, 0.29) is 0 Å². The molecule has 1 atom stereocenters. The molecule has 1 aliphatic rings. The SMILES string of the molecule is N#C[C@@H]1CC(c2cccc(Cl)c2Cl)=NO1. The lowest BCUT2D eigenvalue weighted by Crippen LogP contribution is -2.05. The molecule has 0 amide bonds. The molecule has 76 valence electrons. The maximum absolute atomic E-state index is 8.65. The van der Waals surface area contributed by atoms with Gasteiger partial charge in [-0.1, -0.05) is 40.5 Å². The highest BCUT2D eigenvalue weighted by Crippen LogP contribution is 2.28. The van der Waals surface area contributed by atoms with E-state index in [1.165, 1.54) is 0 Å². The van der Waals surface area contributed by atoms with E-state index < -0.39 is 6.10 Å². The van der Waals surface area contributed by atoms with Gasteiger partial charge in [-0.25, -0.2) is 0 Å². The second kappa shape index (κ2) is 4.09. The number of halogens is 2. The van der Waals surface area contributed by atoms with Gasteiger partial charge in [0.05, 0.1) is 15.8 Å². The Morgan fingerprint density at radius 1 is 1.47 bits per heavy atom. The van der Waals surface area contributed by atoms with E-state index in [1.807, 2.05) is 6.07 Å².